The van der Waals surface area contributed by atoms with Gasteiger partial charge in [0.05, 0.1) is 0 Å². The van der Waals surface area contributed by atoms with E-state index in [1.54, 1.807) is 0 Å². The van der Waals surface area contributed by atoms with Crippen LogP contribution in [0.4, 0.5) is 0 Å². The molecule has 5 atom stereocenters. The predicted molar refractivity (Wildman–Crippen MR) is 47.1 cm³/mol. The Morgan fingerprint density at radius 1 is 1.36 bits per heavy atom. The molecule has 3 rings (SSSR count). The lowest BCUT2D eigenvalue weighted by atomic mass is 9.44. The van der Waals surface area contributed by atoms with Crippen LogP contribution in [-0.2, 0) is 0 Å². The third kappa shape index (κ3) is 0.752. The van der Waals surface area contributed by atoms with Gasteiger partial charge in [0.1, 0.15) is 0 Å². The average molecular weight is 153 g/mol. The van der Waals surface area contributed by atoms with Crippen molar-refractivity contribution in [3.05, 3.63) is 0 Å². The molecule has 0 aromatic heterocycles. The van der Waals surface area contributed by atoms with Crippen molar-refractivity contribution in [1.29, 1.82) is 0 Å². The first-order valence-electron chi connectivity index (χ1n) is 4.81. The molecule has 1 nitrogen and oxygen atoms in total. The predicted octanol–water partition coefficient (Wildman–Crippen LogP) is 2.02. The van der Waals surface area contributed by atoms with Gasteiger partial charge < -0.3 is 5.73 Å². The molecule has 0 aliphatic heterocycles. The van der Waals surface area contributed by atoms with E-state index in [-0.39, 0.29) is 0 Å². The van der Waals surface area contributed by atoms with Gasteiger partial charge in [-0.25, -0.2) is 0 Å². The lowest BCUT2D eigenvalue weighted by Crippen LogP contribution is -2.62. The van der Waals surface area contributed by atoms with Crippen LogP contribution in [0.25, 0.3) is 0 Å². The number of fused-ring (bicyclic) bond motifs is 2. The SMILES string of the molecule is CC1CC(N)C2(C)CC1C2C. The molecule has 0 aromatic carbocycles. The van der Waals surface area contributed by atoms with E-state index in [0.29, 0.717) is 11.5 Å². The molecule has 3 saturated carbocycles. The normalized spacial score (nSPS) is 62.2. The van der Waals surface area contributed by atoms with Gasteiger partial charge in [-0.05, 0) is 36.0 Å². The van der Waals surface area contributed by atoms with Gasteiger partial charge in [0.2, 0.25) is 0 Å². The maximum absolute atomic E-state index is 6.13. The third-order valence-electron chi connectivity index (χ3n) is 4.56. The van der Waals surface area contributed by atoms with Crippen LogP contribution in [0.15, 0.2) is 0 Å². The van der Waals surface area contributed by atoms with Crippen molar-refractivity contribution in [3.8, 4) is 0 Å². The zero-order chi connectivity index (χ0) is 8.22. The summed E-state index contributed by atoms with van der Waals surface area (Å²) in [5, 5.41) is 0. The topological polar surface area (TPSA) is 26.0 Å². The van der Waals surface area contributed by atoms with E-state index in [1.807, 2.05) is 0 Å². The molecule has 2 bridgehead atoms. The fourth-order valence-corrected chi connectivity index (χ4v) is 3.23. The number of rotatable bonds is 0. The smallest absolute Gasteiger partial charge is 0.00983 e. The maximum atomic E-state index is 6.13. The zero-order valence-corrected chi connectivity index (χ0v) is 7.80. The molecule has 1 heteroatoms. The first kappa shape index (κ1) is 7.60. The van der Waals surface area contributed by atoms with Gasteiger partial charge >= 0.3 is 0 Å². The second-order valence-electron chi connectivity index (χ2n) is 4.98. The monoisotopic (exact) mass is 153 g/mol. The standard InChI is InChI=1S/C10H19N/c1-6-4-9(11)10(3)5-8(6)7(10)2/h6-9H,4-5,11H2,1-3H3. The quantitative estimate of drug-likeness (QED) is 0.566. The zero-order valence-electron chi connectivity index (χ0n) is 7.80. The van der Waals surface area contributed by atoms with E-state index < -0.39 is 0 Å². The minimum atomic E-state index is 0.470. The molecular weight excluding hydrogens is 134 g/mol. The Balaban J connectivity index is 2.20. The molecule has 0 aromatic rings. The first-order valence-corrected chi connectivity index (χ1v) is 4.81. The summed E-state index contributed by atoms with van der Waals surface area (Å²) >= 11 is 0. The highest BCUT2D eigenvalue weighted by molar-refractivity contribution is 5.08. The molecule has 3 aliphatic rings. The molecule has 0 spiro atoms. The summed E-state index contributed by atoms with van der Waals surface area (Å²) in [6.45, 7) is 7.11. The van der Waals surface area contributed by atoms with Gasteiger partial charge in [-0.1, -0.05) is 20.8 Å². The molecule has 3 aliphatic carbocycles. The Hall–Kier alpha value is -0.0400. The van der Waals surface area contributed by atoms with Gasteiger partial charge in [0.15, 0.2) is 0 Å². The van der Waals surface area contributed by atoms with E-state index in [9.17, 15) is 0 Å². The van der Waals surface area contributed by atoms with Crippen molar-refractivity contribution in [1.82, 2.24) is 0 Å². The third-order valence-corrected chi connectivity index (χ3v) is 4.56. The van der Waals surface area contributed by atoms with Crippen LogP contribution in [0.2, 0.25) is 0 Å². The maximum Gasteiger partial charge on any atom is 0.00983 e. The van der Waals surface area contributed by atoms with Gasteiger partial charge in [0.25, 0.3) is 0 Å². The van der Waals surface area contributed by atoms with Crippen LogP contribution >= 0.6 is 0 Å². The van der Waals surface area contributed by atoms with Crippen molar-refractivity contribution in [2.75, 3.05) is 0 Å². The lowest BCUT2D eigenvalue weighted by Gasteiger charge is -2.62. The summed E-state index contributed by atoms with van der Waals surface area (Å²) in [5.74, 6) is 2.74. The molecule has 11 heavy (non-hydrogen) atoms. The first-order chi connectivity index (χ1) is 5.05. The second-order valence-corrected chi connectivity index (χ2v) is 4.98. The Labute approximate surface area is 69.4 Å². The van der Waals surface area contributed by atoms with Crippen molar-refractivity contribution >= 4 is 0 Å². The minimum Gasteiger partial charge on any atom is -0.327 e. The largest absolute Gasteiger partial charge is 0.327 e. The van der Waals surface area contributed by atoms with Gasteiger partial charge in [-0.2, -0.15) is 0 Å². The van der Waals surface area contributed by atoms with Crippen LogP contribution in [0.3, 0.4) is 0 Å². The van der Waals surface area contributed by atoms with Crippen LogP contribution in [-0.4, -0.2) is 6.04 Å². The molecule has 0 saturated heterocycles. The molecule has 5 unspecified atom stereocenters. The summed E-state index contributed by atoms with van der Waals surface area (Å²) in [4.78, 5) is 0. The highest BCUT2D eigenvalue weighted by Gasteiger charge is 2.56. The Bertz CT molecular complexity index is 172. The van der Waals surface area contributed by atoms with E-state index >= 15 is 0 Å². The van der Waals surface area contributed by atoms with E-state index in [2.05, 4.69) is 20.8 Å². The molecule has 0 amide bonds. The fourth-order valence-electron chi connectivity index (χ4n) is 3.23. The summed E-state index contributed by atoms with van der Waals surface area (Å²) in [5.41, 5.74) is 6.63. The Morgan fingerprint density at radius 2 is 2.00 bits per heavy atom. The molecule has 2 N–H and O–H groups in total. The van der Waals surface area contributed by atoms with Crippen LogP contribution in [0.5, 0.6) is 0 Å². The molecule has 0 heterocycles. The summed E-state index contributed by atoms with van der Waals surface area (Å²) < 4.78 is 0. The highest BCUT2D eigenvalue weighted by Crippen LogP contribution is 2.60. The Morgan fingerprint density at radius 3 is 2.45 bits per heavy atom. The van der Waals surface area contributed by atoms with Gasteiger partial charge in [-0.15, -0.1) is 0 Å². The van der Waals surface area contributed by atoms with Gasteiger partial charge in [0, 0.05) is 6.04 Å². The number of hydrogen-bond donors (Lipinski definition) is 1. The van der Waals surface area contributed by atoms with E-state index in [1.165, 1.54) is 12.8 Å². The number of nitrogens with two attached hydrogens (primary N) is 1. The highest BCUT2D eigenvalue weighted by atomic mass is 14.8. The Kier molecular flexibility index (Phi) is 1.39. The molecule has 64 valence electrons. The van der Waals surface area contributed by atoms with Crippen molar-refractivity contribution in [2.24, 2.45) is 28.9 Å². The van der Waals surface area contributed by atoms with Crippen molar-refractivity contribution in [2.45, 2.75) is 39.7 Å². The van der Waals surface area contributed by atoms with Crippen LogP contribution in [0.1, 0.15) is 33.6 Å². The van der Waals surface area contributed by atoms with E-state index in [4.69, 9.17) is 5.73 Å². The summed E-state index contributed by atoms with van der Waals surface area (Å²) in [7, 11) is 0. The van der Waals surface area contributed by atoms with Crippen molar-refractivity contribution in [3.63, 3.8) is 0 Å². The summed E-state index contributed by atoms with van der Waals surface area (Å²) in [6.07, 6.45) is 2.64. The second kappa shape index (κ2) is 2.01. The van der Waals surface area contributed by atoms with E-state index in [0.717, 1.165) is 17.8 Å². The molecular formula is C10H19N. The minimum absolute atomic E-state index is 0.470. The number of hydrogen-bond acceptors (Lipinski definition) is 1. The van der Waals surface area contributed by atoms with Crippen molar-refractivity contribution < 1.29 is 0 Å². The lowest BCUT2D eigenvalue weighted by molar-refractivity contribution is -0.113. The molecule has 0 radical (unpaired) electrons. The summed E-state index contributed by atoms with van der Waals surface area (Å²) in [6, 6.07) is 0.470. The average Bonchev–Trinajstić information content (AvgIpc) is 1.95. The van der Waals surface area contributed by atoms with Crippen LogP contribution < -0.4 is 5.73 Å². The van der Waals surface area contributed by atoms with Crippen LogP contribution in [0, 0.1) is 23.2 Å². The fraction of sp³-hybridized carbons (Fsp3) is 1.00. The van der Waals surface area contributed by atoms with Gasteiger partial charge in [-0.3, -0.25) is 0 Å². The molecule has 3 fully saturated rings.